The summed E-state index contributed by atoms with van der Waals surface area (Å²) in [7, 11) is 1.75. The molecule has 0 spiro atoms. The lowest BCUT2D eigenvalue weighted by atomic mass is 9.80. The van der Waals surface area contributed by atoms with Gasteiger partial charge in [-0.15, -0.1) is 0 Å². The van der Waals surface area contributed by atoms with Crippen LogP contribution in [0, 0.1) is 5.92 Å². The average molecular weight is 501 g/mol. The number of benzene rings is 2. The van der Waals surface area contributed by atoms with Gasteiger partial charge >= 0.3 is 0 Å². The van der Waals surface area contributed by atoms with Gasteiger partial charge in [-0.2, -0.15) is 0 Å². The van der Waals surface area contributed by atoms with Crippen molar-refractivity contribution in [1.29, 1.82) is 0 Å². The predicted molar refractivity (Wildman–Crippen MR) is 145 cm³/mol. The summed E-state index contributed by atoms with van der Waals surface area (Å²) in [6, 6.07) is 16.7. The first-order valence-electron chi connectivity index (χ1n) is 13.3. The maximum Gasteiger partial charge on any atom is 0.250 e. The Labute approximate surface area is 217 Å². The number of hydrogen-bond acceptors (Lipinski definition) is 4. The van der Waals surface area contributed by atoms with E-state index in [0.717, 1.165) is 59.7 Å². The molecule has 2 N–H and O–H groups in total. The van der Waals surface area contributed by atoms with Crippen molar-refractivity contribution in [3.05, 3.63) is 81.8 Å². The molecule has 2 amide bonds. The smallest absolute Gasteiger partial charge is 0.250 e. The van der Waals surface area contributed by atoms with E-state index in [2.05, 4.69) is 39.8 Å². The van der Waals surface area contributed by atoms with E-state index in [1.807, 2.05) is 18.2 Å². The van der Waals surface area contributed by atoms with Gasteiger partial charge < -0.3 is 20.1 Å². The lowest BCUT2D eigenvalue weighted by Gasteiger charge is -2.36. The highest BCUT2D eigenvalue weighted by atomic mass is 16.2. The maximum absolute atomic E-state index is 14.1. The Kier molecular flexibility index (Phi) is 7.42. The molecule has 1 saturated heterocycles. The molecule has 2 atom stereocenters. The second-order valence-electron chi connectivity index (χ2n) is 10.5. The standard InChI is InChI=1S/C30H36N4O3/c1-20(35)32-13-9-21-15-22-5-3-4-6-26(22)24(16-21)19-34(25-7-8-25)30(37)28-18-31-12-10-27(28)23-11-14-33(2)29(36)17-23/h3-6,11,14-17,25,27-28,31H,7-10,12-13,18-19H2,1-2H3,(H,32,35)/t27-,28+/m1/s1. The van der Waals surface area contributed by atoms with Crippen LogP contribution >= 0.6 is 0 Å². The van der Waals surface area contributed by atoms with Crippen LogP contribution in [0.1, 0.15) is 48.8 Å². The zero-order chi connectivity index (χ0) is 25.9. The monoisotopic (exact) mass is 500 g/mol. The van der Waals surface area contributed by atoms with Gasteiger partial charge in [-0.3, -0.25) is 14.4 Å². The molecule has 0 bridgehead atoms. The molecule has 1 aromatic heterocycles. The number of rotatable bonds is 8. The summed E-state index contributed by atoms with van der Waals surface area (Å²) in [4.78, 5) is 39.9. The number of fused-ring (bicyclic) bond motifs is 1. The van der Waals surface area contributed by atoms with Gasteiger partial charge in [0.25, 0.3) is 5.56 Å². The minimum atomic E-state index is -0.198. The van der Waals surface area contributed by atoms with E-state index in [0.29, 0.717) is 19.6 Å². The van der Waals surface area contributed by atoms with Crippen LogP contribution in [-0.2, 0) is 29.6 Å². The van der Waals surface area contributed by atoms with Crippen molar-refractivity contribution in [2.75, 3.05) is 19.6 Å². The van der Waals surface area contributed by atoms with E-state index >= 15 is 0 Å². The number of aryl methyl sites for hydroxylation is 1. The van der Waals surface area contributed by atoms with Crippen molar-refractivity contribution in [3.63, 3.8) is 0 Å². The molecular weight excluding hydrogens is 464 g/mol. The number of pyridine rings is 1. The Bertz CT molecular complexity index is 1360. The van der Waals surface area contributed by atoms with Crippen molar-refractivity contribution in [1.82, 2.24) is 20.1 Å². The molecule has 3 aromatic rings. The molecule has 2 aromatic carbocycles. The van der Waals surface area contributed by atoms with E-state index in [-0.39, 0.29) is 35.3 Å². The Hall–Kier alpha value is -3.45. The zero-order valence-corrected chi connectivity index (χ0v) is 21.7. The fourth-order valence-electron chi connectivity index (χ4n) is 5.60. The molecule has 2 fully saturated rings. The van der Waals surface area contributed by atoms with Crippen molar-refractivity contribution >= 4 is 22.6 Å². The first kappa shape index (κ1) is 25.2. The van der Waals surface area contributed by atoms with Gasteiger partial charge in [-0.25, -0.2) is 0 Å². The van der Waals surface area contributed by atoms with E-state index < -0.39 is 0 Å². The lowest BCUT2D eigenvalue weighted by molar-refractivity contribution is -0.138. The molecule has 1 aliphatic heterocycles. The van der Waals surface area contributed by atoms with Crippen LogP contribution in [0.3, 0.4) is 0 Å². The molecule has 7 nitrogen and oxygen atoms in total. The van der Waals surface area contributed by atoms with Crippen molar-refractivity contribution in [2.45, 2.75) is 51.1 Å². The van der Waals surface area contributed by atoms with Crippen LogP contribution in [0.2, 0.25) is 0 Å². The fraction of sp³-hybridized carbons (Fsp3) is 0.433. The van der Waals surface area contributed by atoms with Crippen LogP contribution in [0.4, 0.5) is 0 Å². The van der Waals surface area contributed by atoms with Gasteiger partial charge in [0.2, 0.25) is 11.8 Å². The van der Waals surface area contributed by atoms with Crippen LogP contribution in [0.25, 0.3) is 10.8 Å². The fourth-order valence-corrected chi connectivity index (χ4v) is 5.60. The number of amides is 2. The van der Waals surface area contributed by atoms with Crippen LogP contribution < -0.4 is 16.2 Å². The Morgan fingerprint density at radius 1 is 1.11 bits per heavy atom. The molecule has 1 aliphatic carbocycles. The highest BCUT2D eigenvalue weighted by molar-refractivity contribution is 5.87. The van der Waals surface area contributed by atoms with Crippen molar-refractivity contribution in [2.24, 2.45) is 13.0 Å². The first-order chi connectivity index (χ1) is 17.9. The summed E-state index contributed by atoms with van der Waals surface area (Å²) in [5.41, 5.74) is 3.22. The minimum absolute atomic E-state index is 0.0292. The third-order valence-electron chi connectivity index (χ3n) is 7.76. The molecule has 194 valence electrons. The molecule has 2 heterocycles. The molecule has 1 saturated carbocycles. The topological polar surface area (TPSA) is 83.4 Å². The van der Waals surface area contributed by atoms with Crippen LogP contribution in [0.5, 0.6) is 0 Å². The second kappa shape index (κ2) is 10.9. The molecule has 2 aliphatic rings. The highest BCUT2D eigenvalue weighted by Gasteiger charge is 2.40. The number of hydrogen-bond donors (Lipinski definition) is 2. The second-order valence-corrected chi connectivity index (χ2v) is 10.5. The van der Waals surface area contributed by atoms with Gasteiger partial charge in [0.1, 0.15) is 0 Å². The Morgan fingerprint density at radius 3 is 2.68 bits per heavy atom. The van der Waals surface area contributed by atoms with E-state index in [1.54, 1.807) is 23.9 Å². The molecule has 37 heavy (non-hydrogen) atoms. The number of carbonyl (C=O) groups excluding carboxylic acids is 2. The number of aromatic nitrogens is 1. The number of nitrogens with one attached hydrogen (secondary N) is 2. The molecule has 5 rings (SSSR count). The Morgan fingerprint density at radius 2 is 1.92 bits per heavy atom. The SMILES string of the molecule is CC(=O)NCCc1cc(CN(C(=O)[C@H]2CNCC[C@@H]2c2ccn(C)c(=O)c2)C2CC2)c2ccccc2c1. The predicted octanol–water partition coefficient (Wildman–Crippen LogP) is 3.10. The largest absolute Gasteiger partial charge is 0.356 e. The first-order valence-corrected chi connectivity index (χ1v) is 13.3. The minimum Gasteiger partial charge on any atom is -0.356 e. The van der Waals surface area contributed by atoms with Crippen LogP contribution in [-0.4, -0.2) is 47.0 Å². The third-order valence-corrected chi connectivity index (χ3v) is 7.76. The number of piperidine rings is 1. The van der Waals surface area contributed by atoms with E-state index in [4.69, 9.17) is 0 Å². The maximum atomic E-state index is 14.1. The number of carbonyl (C=O) groups is 2. The van der Waals surface area contributed by atoms with E-state index in [9.17, 15) is 14.4 Å². The van der Waals surface area contributed by atoms with Crippen molar-refractivity contribution in [3.8, 4) is 0 Å². The molecular formula is C30H36N4O3. The van der Waals surface area contributed by atoms with E-state index in [1.165, 1.54) is 6.92 Å². The lowest BCUT2D eigenvalue weighted by Crippen LogP contribution is -2.47. The summed E-state index contributed by atoms with van der Waals surface area (Å²) in [6.45, 7) is 4.15. The summed E-state index contributed by atoms with van der Waals surface area (Å²) in [6.07, 6.45) is 5.44. The average Bonchev–Trinajstić information content (AvgIpc) is 3.73. The summed E-state index contributed by atoms with van der Waals surface area (Å²) in [5, 5.41) is 8.62. The van der Waals surface area contributed by atoms with Gasteiger partial charge in [0, 0.05) is 51.9 Å². The third kappa shape index (κ3) is 5.77. The highest BCUT2D eigenvalue weighted by Crippen LogP contribution is 2.36. The van der Waals surface area contributed by atoms with Crippen molar-refractivity contribution < 1.29 is 9.59 Å². The van der Waals surface area contributed by atoms with Gasteiger partial charge in [0.15, 0.2) is 0 Å². The summed E-state index contributed by atoms with van der Waals surface area (Å²) >= 11 is 0. The summed E-state index contributed by atoms with van der Waals surface area (Å²) < 4.78 is 1.57. The van der Waals surface area contributed by atoms with Crippen LogP contribution in [0.15, 0.2) is 59.5 Å². The quantitative estimate of drug-likeness (QED) is 0.498. The normalized spacial score (nSPS) is 19.5. The zero-order valence-electron chi connectivity index (χ0n) is 21.7. The van der Waals surface area contributed by atoms with Gasteiger partial charge in [-0.1, -0.05) is 36.4 Å². The number of nitrogens with zero attached hydrogens (tertiary/aromatic N) is 2. The summed E-state index contributed by atoms with van der Waals surface area (Å²) in [5.74, 6) is -0.0214. The molecule has 0 radical (unpaired) electrons. The van der Waals surface area contributed by atoms with Gasteiger partial charge in [-0.05, 0) is 71.7 Å². The van der Waals surface area contributed by atoms with Gasteiger partial charge in [0.05, 0.1) is 5.92 Å². The Balaban J connectivity index is 1.43. The molecule has 0 unspecified atom stereocenters. The molecule has 7 heteroatoms.